The molecule has 1 saturated heterocycles. The van der Waals surface area contributed by atoms with Gasteiger partial charge in [0.25, 0.3) is 5.91 Å². The maximum absolute atomic E-state index is 14.8. The smallest absolute Gasteiger partial charge is 0.267 e. The highest BCUT2D eigenvalue weighted by molar-refractivity contribution is 7.89. The third kappa shape index (κ3) is 5.87. The number of ether oxygens (including phenoxy) is 1. The van der Waals surface area contributed by atoms with Crippen LogP contribution in [0.3, 0.4) is 0 Å². The number of benzene rings is 3. The Labute approximate surface area is 222 Å². The highest BCUT2D eigenvalue weighted by Gasteiger charge is 2.35. The number of carbonyl (C=O) groups is 1. The Kier molecular flexibility index (Phi) is 7.19. The molecule has 196 valence electrons. The number of carbonyl (C=O) groups excluding carboxylic acids is 1. The maximum atomic E-state index is 14.8. The van der Waals surface area contributed by atoms with Crippen LogP contribution in [-0.2, 0) is 10.0 Å². The van der Waals surface area contributed by atoms with E-state index in [-0.39, 0.29) is 23.4 Å². The summed E-state index contributed by atoms with van der Waals surface area (Å²) in [5, 5.41) is 0. The molecule has 0 bridgehead atoms. The minimum Gasteiger partial charge on any atom is -0.493 e. The van der Waals surface area contributed by atoms with E-state index in [0.29, 0.717) is 18.0 Å². The first-order chi connectivity index (χ1) is 18.2. The van der Waals surface area contributed by atoms with Gasteiger partial charge in [0, 0.05) is 25.1 Å². The van der Waals surface area contributed by atoms with Crippen molar-refractivity contribution in [3.63, 3.8) is 0 Å². The van der Waals surface area contributed by atoms with E-state index in [4.69, 9.17) is 11.3 Å². The number of amides is 1. The molecule has 9 heteroatoms. The molecule has 0 radical (unpaired) electrons. The largest absolute Gasteiger partial charge is 0.493 e. The van der Waals surface area contributed by atoms with Crippen molar-refractivity contribution in [2.45, 2.75) is 24.8 Å². The summed E-state index contributed by atoms with van der Waals surface area (Å²) >= 11 is 0. The van der Waals surface area contributed by atoms with Crippen molar-refractivity contribution in [1.29, 1.82) is 0 Å². The average molecular weight is 534 g/mol. The summed E-state index contributed by atoms with van der Waals surface area (Å²) in [6.45, 7) is 9.21. The molecule has 3 aromatic rings. The summed E-state index contributed by atoms with van der Waals surface area (Å²) in [7, 11) is -3.80. The van der Waals surface area contributed by atoms with Gasteiger partial charge in [-0.2, -0.15) is 0 Å². The Hall–Kier alpha value is -3.74. The predicted molar refractivity (Wildman–Crippen MR) is 142 cm³/mol. The zero-order valence-corrected chi connectivity index (χ0v) is 21.7. The second-order valence-electron chi connectivity index (χ2n) is 9.99. The van der Waals surface area contributed by atoms with Gasteiger partial charge in [-0.15, -0.1) is 0 Å². The van der Waals surface area contributed by atoms with Crippen molar-refractivity contribution < 1.29 is 22.3 Å². The number of rotatable bonds is 9. The van der Waals surface area contributed by atoms with Crippen LogP contribution in [-0.4, -0.2) is 45.2 Å². The second-order valence-corrected chi connectivity index (χ2v) is 11.7. The third-order valence-electron chi connectivity index (χ3n) is 6.92. The normalized spacial score (nSPS) is 16.8. The van der Waals surface area contributed by atoms with Crippen LogP contribution in [0.4, 0.5) is 10.1 Å². The van der Waals surface area contributed by atoms with E-state index in [0.717, 1.165) is 43.3 Å². The Balaban J connectivity index is 1.28. The van der Waals surface area contributed by atoms with Crippen LogP contribution in [0.15, 0.2) is 66.7 Å². The first-order valence-corrected chi connectivity index (χ1v) is 14.4. The maximum Gasteiger partial charge on any atom is 0.267 e. The molecule has 2 aliphatic rings. The fraction of sp³-hybridized carbons (Fsp3) is 0.310. The summed E-state index contributed by atoms with van der Waals surface area (Å²) in [6.07, 6.45) is 2.68. The lowest BCUT2D eigenvalue weighted by molar-refractivity contribution is 0.0375. The molecule has 2 fully saturated rings. The van der Waals surface area contributed by atoms with Gasteiger partial charge in [0.2, 0.25) is 10.0 Å². The second kappa shape index (κ2) is 10.6. The van der Waals surface area contributed by atoms with E-state index >= 15 is 0 Å². The number of sulfonamides is 1. The van der Waals surface area contributed by atoms with Gasteiger partial charge in [-0.25, -0.2) is 22.4 Å². The minimum atomic E-state index is -3.80. The summed E-state index contributed by atoms with van der Waals surface area (Å²) in [4.78, 5) is 18.1. The molecule has 1 amide bonds. The number of likely N-dealkylation sites (tertiary alicyclic amines) is 1. The standard InChI is InChI=1S/C29H28FN3O4S/c1-31-23-12-10-22(11-13-23)28(21-6-4-3-5-7-21)33-16-19(17-33)18-37-27-15-26(30)25(14-24(27)20-8-9-20)29(34)32-38(2,35)36/h3-7,10-15,19-20,28H,8-9,16-18H2,2H3,(H,32,34)/t28-/m0/s1. The van der Waals surface area contributed by atoms with Gasteiger partial charge in [0.15, 0.2) is 5.69 Å². The van der Waals surface area contributed by atoms with Crippen molar-refractivity contribution in [2.75, 3.05) is 26.0 Å². The molecule has 1 aliphatic carbocycles. The van der Waals surface area contributed by atoms with Crippen molar-refractivity contribution in [3.05, 3.63) is 106 Å². The summed E-state index contributed by atoms with van der Waals surface area (Å²) < 4.78 is 45.6. The van der Waals surface area contributed by atoms with Crippen molar-refractivity contribution in [1.82, 2.24) is 9.62 Å². The Bertz CT molecular complexity index is 1480. The zero-order chi connectivity index (χ0) is 26.9. The lowest BCUT2D eigenvalue weighted by Gasteiger charge is -2.44. The van der Waals surface area contributed by atoms with Gasteiger partial charge in [-0.05, 0) is 41.5 Å². The molecule has 5 rings (SSSR count). The Morgan fingerprint density at radius 2 is 1.76 bits per heavy atom. The molecular formula is C29H28FN3O4S. The van der Waals surface area contributed by atoms with E-state index in [1.54, 1.807) is 0 Å². The van der Waals surface area contributed by atoms with Gasteiger partial charge >= 0.3 is 0 Å². The van der Waals surface area contributed by atoms with Gasteiger partial charge in [-0.1, -0.05) is 54.6 Å². The molecule has 1 N–H and O–H groups in total. The topological polar surface area (TPSA) is 80.1 Å². The van der Waals surface area contributed by atoms with E-state index in [2.05, 4.69) is 21.9 Å². The molecule has 0 spiro atoms. The van der Waals surface area contributed by atoms with Crippen LogP contribution in [0.5, 0.6) is 5.75 Å². The zero-order valence-electron chi connectivity index (χ0n) is 20.9. The SMILES string of the molecule is [C-]#[N+]c1ccc([C@H](c2ccccc2)N2CC(COc3cc(F)c(C(=O)NS(C)(=O)=O)cc3C3CC3)C2)cc1. The third-order valence-corrected chi connectivity index (χ3v) is 7.47. The molecule has 1 heterocycles. The van der Waals surface area contributed by atoms with Gasteiger partial charge < -0.3 is 4.74 Å². The van der Waals surface area contributed by atoms with Crippen LogP contribution >= 0.6 is 0 Å². The fourth-order valence-electron chi connectivity index (χ4n) is 4.92. The summed E-state index contributed by atoms with van der Waals surface area (Å²) in [5.74, 6) is -0.966. The van der Waals surface area contributed by atoms with E-state index < -0.39 is 21.7 Å². The Morgan fingerprint density at radius 1 is 1.11 bits per heavy atom. The van der Waals surface area contributed by atoms with E-state index in [1.807, 2.05) is 47.2 Å². The molecule has 1 atom stereocenters. The van der Waals surface area contributed by atoms with Gasteiger partial charge in [0.1, 0.15) is 11.6 Å². The molecule has 38 heavy (non-hydrogen) atoms. The van der Waals surface area contributed by atoms with Gasteiger partial charge in [-0.3, -0.25) is 9.69 Å². The van der Waals surface area contributed by atoms with Gasteiger partial charge in [0.05, 0.1) is 31.0 Å². The van der Waals surface area contributed by atoms with Crippen molar-refractivity contribution in [2.24, 2.45) is 5.92 Å². The highest BCUT2D eigenvalue weighted by Crippen LogP contribution is 2.45. The summed E-state index contributed by atoms with van der Waals surface area (Å²) in [5.41, 5.74) is 3.33. The molecule has 3 aromatic carbocycles. The minimum absolute atomic E-state index is 0.0549. The van der Waals surface area contributed by atoms with Crippen LogP contribution in [0.25, 0.3) is 4.85 Å². The number of nitrogens with one attached hydrogen (secondary N) is 1. The van der Waals surface area contributed by atoms with E-state index in [9.17, 15) is 17.6 Å². The first-order valence-electron chi connectivity index (χ1n) is 12.5. The number of halogens is 1. The van der Waals surface area contributed by atoms with Crippen LogP contribution in [0.2, 0.25) is 0 Å². The van der Waals surface area contributed by atoms with Crippen LogP contribution < -0.4 is 9.46 Å². The average Bonchev–Trinajstić information content (AvgIpc) is 3.70. The molecule has 1 saturated carbocycles. The molecule has 7 nitrogen and oxygen atoms in total. The quantitative estimate of drug-likeness (QED) is 0.390. The monoisotopic (exact) mass is 533 g/mol. The lowest BCUT2D eigenvalue weighted by Crippen LogP contribution is -2.51. The summed E-state index contributed by atoms with van der Waals surface area (Å²) in [6, 6.07) is 20.6. The van der Waals surface area contributed by atoms with Crippen molar-refractivity contribution >= 4 is 21.6 Å². The number of hydrogen-bond acceptors (Lipinski definition) is 5. The Morgan fingerprint density at radius 3 is 2.37 bits per heavy atom. The first kappa shape index (κ1) is 25.9. The molecular weight excluding hydrogens is 505 g/mol. The van der Waals surface area contributed by atoms with Crippen LogP contribution in [0, 0.1) is 18.3 Å². The molecule has 1 aliphatic heterocycles. The van der Waals surface area contributed by atoms with E-state index in [1.165, 1.54) is 17.7 Å². The molecule has 0 aromatic heterocycles. The molecule has 0 unspecified atom stereocenters. The predicted octanol–water partition coefficient (Wildman–Crippen LogP) is 5.04. The fourth-order valence-corrected chi connectivity index (χ4v) is 5.37. The van der Waals surface area contributed by atoms with Crippen molar-refractivity contribution in [3.8, 4) is 5.75 Å². The highest BCUT2D eigenvalue weighted by atomic mass is 32.2. The number of nitrogens with zero attached hydrogens (tertiary/aromatic N) is 2. The number of hydrogen-bond donors (Lipinski definition) is 1. The lowest BCUT2D eigenvalue weighted by atomic mass is 9.90. The van der Waals surface area contributed by atoms with Crippen LogP contribution in [0.1, 0.15) is 51.8 Å².